The summed E-state index contributed by atoms with van der Waals surface area (Å²) in [4.78, 5) is 23.1. The highest BCUT2D eigenvalue weighted by atomic mass is 19.1. The molecule has 0 saturated heterocycles. The van der Waals surface area contributed by atoms with Gasteiger partial charge in [-0.25, -0.2) is 4.39 Å². The van der Waals surface area contributed by atoms with Gasteiger partial charge in [-0.1, -0.05) is 13.8 Å². The number of nitrogens with zero attached hydrogens (tertiary/aromatic N) is 2. The third kappa shape index (κ3) is 4.83. The van der Waals surface area contributed by atoms with Crippen molar-refractivity contribution in [1.29, 1.82) is 0 Å². The number of carbonyl (C=O) groups is 1. The van der Waals surface area contributed by atoms with Gasteiger partial charge in [-0.15, -0.1) is 0 Å². The number of hydrogen-bond acceptors (Lipinski definition) is 4. The summed E-state index contributed by atoms with van der Waals surface area (Å²) in [6.45, 7) is 4.50. The van der Waals surface area contributed by atoms with Gasteiger partial charge in [0.15, 0.2) is 0 Å². The second kappa shape index (κ2) is 6.83. The summed E-state index contributed by atoms with van der Waals surface area (Å²) in [7, 11) is 1.58. The molecule has 0 atom stereocenters. The van der Waals surface area contributed by atoms with Gasteiger partial charge in [0.05, 0.1) is 17.5 Å². The van der Waals surface area contributed by atoms with E-state index in [4.69, 9.17) is 0 Å². The van der Waals surface area contributed by atoms with Crippen molar-refractivity contribution < 1.29 is 14.1 Å². The molecule has 1 amide bonds. The number of nitro benzene ring substituents is 1. The zero-order valence-electron chi connectivity index (χ0n) is 11.7. The Balaban J connectivity index is 2.74. The number of rotatable bonds is 6. The van der Waals surface area contributed by atoms with Gasteiger partial charge in [0.2, 0.25) is 5.91 Å². The topological polar surface area (TPSA) is 75.5 Å². The first-order chi connectivity index (χ1) is 9.29. The van der Waals surface area contributed by atoms with Crippen LogP contribution in [0.5, 0.6) is 0 Å². The fourth-order valence-electron chi connectivity index (χ4n) is 1.57. The van der Waals surface area contributed by atoms with Crippen molar-refractivity contribution in [3.05, 3.63) is 34.1 Å². The van der Waals surface area contributed by atoms with Gasteiger partial charge in [-0.05, 0) is 12.0 Å². The molecule has 0 aliphatic carbocycles. The van der Waals surface area contributed by atoms with Gasteiger partial charge in [0.1, 0.15) is 5.82 Å². The third-order valence-corrected chi connectivity index (χ3v) is 2.61. The van der Waals surface area contributed by atoms with E-state index in [-0.39, 0.29) is 23.8 Å². The van der Waals surface area contributed by atoms with Crippen molar-refractivity contribution in [2.75, 3.05) is 25.0 Å². The molecule has 110 valence electrons. The van der Waals surface area contributed by atoms with Crippen molar-refractivity contribution in [2.24, 2.45) is 5.92 Å². The van der Waals surface area contributed by atoms with E-state index < -0.39 is 10.7 Å². The average molecular weight is 283 g/mol. The minimum Gasteiger partial charge on any atom is -0.365 e. The SMILES string of the molecule is CC(C)CNC(=O)CN(C)c1cc(F)cc([N+](=O)[O-])c1. The first kappa shape index (κ1) is 15.9. The first-order valence-corrected chi connectivity index (χ1v) is 6.22. The Morgan fingerprint density at radius 1 is 1.45 bits per heavy atom. The summed E-state index contributed by atoms with van der Waals surface area (Å²) < 4.78 is 13.3. The highest BCUT2D eigenvalue weighted by molar-refractivity contribution is 5.81. The molecule has 0 aliphatic heterocycles. The number of benzene rings is 1. The smallest absolute Gasteiger partial charge is 0.274 e. The van der Waals surface area contributed by atoms with Crippen LogP contribution in [0.4, 0.5) is 15.8 Å². The van der Waals surface area contributed by atoms with E-state index in [1.54, 1.807) is 7.05 Å². The summed E-state index contributed by atoms with van der Waals surface area (Å²) in [5.41, 5.74) is -0.0502. The Morgan fingerprint density at radius 3 is 2.65 bits per heavy atom. The molecule has 20 heavy (non-hydrogen) atoms. The van der Waals surface area contributed by atoms with E-state index >= 15 is 0 Å². The van der Waals surface area contributed by atoms with Gasteiger partial charge in [0, 0.05) is 25.3 Å². The van der Waals surface area contributed by atoms with Crippen molar-refractivity contribution in [2.45, 2.75) is 13.8 Å². The molecule has 0 fully saturated rings. The number of amides is 1. The van der Waals surface area contributed by atoms with Crippen LogP contribution in [-0.2, 0) is 4.79 Å². The molecule has 7 heteroatoms. The van der Waals surface area contributed by atoms with E-state index in [1.807, 2.05) is 13.8 Å². The lowest BCUT2D eigenvalue weighted by molar-refractivity contribution is -0.385. The van der Waals surface area contributed by atoms with Crippen molar-refractivity contribution >= 4 is 17.3 Å². The van der Waals surface area contributed by atoms with Crippen LogP contribution < -0.4 is 10.2 Å². The number of hydrogen-bond donors (Lipinski definition) is 1. The summed E-state index contributed by atoms with van der Waals surface area (Å²) in [6, 6.07) is 3.23. The molecule has 1 aromatic carbocycles. The number of nitro groups is 1. The molecule has 1 N–H and O–H groups in total. The lowest BCUT2D eigenvalue weighted by atomic mass is 10.2. The summed E-state index contributed by atoms with van der Waals surface area (Å²) in [5, 5.41) is 13.4. The lowest BCUT2D eigenvalue weighted by Crippen LogP contribution is -2.36. The minimum atomic E-state index is -0.705. The van der Waals surface area contributed by atoms with Gasteiger partial charge < -0.3 is 10.2 Å². The van der Waals surface area contributed by atoms with Gasteiger partial charge in [-0.3, -0.25) is 14.9 Å². The Bertz CT molecular complexity index is 506. The molecule has 0 heterocycles. The Morgan fingerprint density at radius 2 is 2.10 bits per heavy atom. The molecular formula is C13H18FN3O3. The number of non-ortho nitro benzene ring substituents is 1. The maximum absolute atomic E-state index is 13.3. The average Bonchev–Trinajstić information content (AvgIpc) is 2.35. The van der Waals surface area contributed by atoms with E-state index in [0.717, 1.165) is 12.1 Å². The molecule has 6 nitrogen and oxygen atoms in total. The highest BCUT2D eigenvalue weighted by Crippen LogP contribution is 2.22. The molecule has 0 saturated carbocycles. The van der Waals surface area contributed by atoms with Gasteiger partial charge >= 0.3 is 0 Å². The second-order valence-corrected chi connectivity index (χ2v) is 4.98. The monoisotopic (exact) mass is 283 g/mol. The zero-order valence-corrected chi connectivity index (χ0v) is 11.7. The molecule has 0 unspecified atom stereocenters. The second-order valence-electron chi connectivity index (χ2n) is 4.98. The summed E-state index contributed by atoms with van der Waals surface area (Å²) >= 11 is 0. The molecule has 0 bridgehead atoms. The van der Waals surface area contributed by atoms with E-state index in [1.165, 1.54) is 11.0 Å². The van der Waals surface area contributed by atoms with Gasteiger partial charge in [0.25, 0.3) is 5.69 Å². The molecule has 0 aliphatic rings. The number of likely N-dealkylation sites (N-methyl/N-ethyl adjacent to an activating group) is 1. The molecule has 0 aromatic heterocycles. The first-order valence-electron chi connectivity index (χ1n) is 6.22. The number of halogens is 1. The standard InChI is InChI=1S/C13H18FN3O3/c1-9(2)7-15-13(18)8-16(3)11-4-10(14)5-12(6-11)17(19)20/h4-6,9H,7-8H2,1-3H3,(H,15,18). The number of carbonyl (C=O) groups excluding carboxylic acids is 1. The van der Waals surface area contributed by atoms with E-state index in [2.05, 4.69) is 5.32 Å². The van der Waals surface area contributed by atoms with Crippen molar-refractivity contribution in [3.8, 4) is 0 Å². The largest absolute Gasteiger partial charge is 0.365 e. The molecule has 0 radical (unpaired) electrons. The van der Waals surface area contributed by atoms with E-state index in [0.29, 0.717) is 12.5 Å². The lowest BCUT2D eigenvalue weighted by Gasteiger charge is -2.19. The van der Waals surface area contributed by atoms with Crippen LogP contribution in [0.1, 0.15) is 13.8 Å². The molecule has 0 spiro atoms. The summed E-state index contributed by atoms with van der Waals surface area (Å²) in [6.07, 6.45) is 0. The Hall–Kier alpha value is -2.18. The predicted molar refractivity (Wildman–Crippen MR) is 74.2 cm³/mol. The van der Waals surface area contributed by atoms with Crippen LogP contribution in [0.2, 0.25) is 0 Å². The van der Waals surface area contributed by atoms with Crippen molar-refractivity contribution in [3.63, 3.8) is 0 Å². The maximum atomic E-state index is 13.3. The number of nitrogens with one attached hydrogen (secondary N) is 1. The zero-order chi connectivity index (χ0) is 15.3. The fraction of sp³-hybridized carbons (Fsp3) is 0.462. The third-order valence-electron chi connectivity index (χ3n) is 2.61. The van der Waals surface area contributed by atoms with Crippen LogP contribution in [0.3, 0.4) is 0 Å². The highest BCUT2D eigenvalue weighted by Gasteiger charge is 2.14. The molecular weight excluding hydrogens is 265 g/mol. The van der Waals surface area contributed by atoms with E-state index in [9.17, 15) is 19.3 Å². The molecule has 1 rings (SSSR count). The van der Waals surface area contributed by atoms with Crippen LogP contribution >= 0.6 is 0 Å². The Labute approximate surface area is 116 Å². The van der Waals surface area contributed by atoms with Crippen LogP contribution in [0.25, 0.3) is 0 Å². The minimum absolute atomic E-state index is 0.00727. The Kier molecular flexibility index (Phi) is 5.42. The molecule has 1 aromatic rings. The number of anilines is 1. The maximum Gasteiger partial charge on any atom is 0.274 e. The van der Waals surface area contributed by atoms with Crippen LogP contribution in [-0.4, -0.2) is 31.0 Å². The predicted octanol–water partition coefficient (Wildman–Crippen LogP) is 1.94. The summed E-state index contributed by atoms with van der Waals surface area (Å²) in [5.74, 6) is -0.587. The quantitative estimate of drug-likeness (QED) is 0.639. The van der Waals surface area contributed by atoms with Crippen LogP contribution in [0, 0.1) is 21.8 Å². The fourth-order valence-corrected chi connectivity index (χ4v) is 1.57. The van der Waals surface area contributed by atoms with Crippen molar-refractivity contribution in [1.82, 2.24) is 5.32 Å². The normalized spacial score (nSPS) is 10.4. The van der Waals surface area contributed by atoms with Gasteiger partial charge in [-0.2, -0.15) is 0 Å². The van der Waals surface area contributed by atoms with Crippen LogP contribution in [0.15, 0.2) is 18.2 Å².